The van der Waals surface area contributed by atoms with Crippen LogP contribution in [0.25, 0.3) is 0 Å². The molecule has 0 aliphatic carbocycles. The highest BCUT2D eigenvalue weighted by Crippen LogP contribution is 2.36. The number of likely N-dealkylation sites (N-methyl/N-ethyl adjacent to an activating group) is 1. The zero-order valence-corrected chi connectivity index (χ0v) is 20.6. The zero-order chi connectivity index (χ0) is 23.1. The van der Waals surface area contributed by atoms with Gasteiger partial charge >= 0.3 is 0 Å². The topological polar surface area (TPSA) is 53.1 Å². The lowest BCUT2D eigenvalue weighted by Crippen LogP contribution is -2.53. The summed E-state index contributed by atoms with van der Waals surface area (Å²) in [5, 5.41) is 0.664. The highest BCUT2D eigenvalue weighted by atomic mass is 35.5. The minimum atomic E-state index is -0.375. The summed E-state index contributed by atoms with van der Waals surface area (Å²) < 4.78 is 6.17. The van der Waals surface area contributed by atoms with E-state index in [9.17, 15) is 9.59 Å². The second kappa shape index (κ2) is 11.4. The molecule has 1 aromatic rings. The largest absolute Gasteiger partial charge is 0.493 e. The molecule has 0 radical (unpaired) electrons. The maximum Gasteiger partial charge on any atom is 0.225 e. The smallest absolute Gasteiger partial charge is 0.225 e. The molecular formula is C25H38ClN3O3. The second-order valence-electron chi connectivity index (χ2n) is 9.48. The SMILES string of the molecule is CCC(CC)C(=O)N1CCCC(COc2ccc(Cl)cc2)(CC(=O)N2CCN(C)CC2)C1. The van der Waals surface area contributed by atoms with Crippen LogP contribution in [-0.2, 0) is 9.59 Å². The number of amides is 2. The summed E-state index contributed by atoms with van der Waals surface area (Å²) in [6, 6.07) is 7.33. The number of piperidine rings is 1. The molecule has 178 valence electrons. The first-order valence-electron chi connectivity index (χ1n) is 12.0. The van der Waals surface area contributed by atoms with Crippen molar-refractivity contribution in [2.45, 2.75) is 46.0 Å². The monoisotopic (exact) mass is 463 g/mol. The molecule has 0 N–H and O–H groups in total. The van der Waals surface area contributed by atoms with Crippen LogP contribution in [0.4, 0.5) is 0 Å². The molecule has 2 amide bonds. The van der Waals surface area contributed by atoms with Crippen LogP contribution >= 0.6 is 11.6 Å². The lowest BCUT2D eigenvalue weighted by molar-refractivity contribution is -0.145. The number of hydrogen-bond donors (Lipinski definition) is 0. The van der Waals surface area contributed by atoms with E-state index in [0.717, 1.165) is 64.2 Å². The van der Waals surface area contributed by atoms with Crippen molar-refractivity contribution in [1.29, 1.82) is 0 Å². The first-order chi connectivity index (χ1) is 15.4. The standard InChI is InChI=1S/C25H38ClN3O3/c1-4-20(5-2)24(31)29-12-6-11-25(18-29,19-32-22-9-7-21(26)8-10-22)17-23(30)28-15-13-27(3)14-16-28/h7-10,20H,4-6,11-19H2,1-3H3. The molecule has 2 aliphatic heterocycles. The molecule has 2 aliphatic rings. The Morgan fingerprint density at radius 1 is 1.03 bits per heavy atom. The summed E-state index contributed by atoms with van der Waals surface area (Å²) in [7, 11) is 2.09. The number of carbonyl (C=O) groups excluding carboxylic acids is 2. The van der Waals surface area contributed by atoms with Crippen molar-refractivity contribution < 1.29 is 14.3 Å². The summed E-state index contributed by atoms with van der Waals surface area (Å²) in [6.45, 7) is 9.24. The third kappa shape index (κ3) is 6.38. The van der Waals surface area contributed by atoms with E-state index < -0.39 is 0 Å². The number of halogens is 1. The van der Waals surface area contributed by atoms with Crippen molar-refractivity contribution in [3.63, 3.8) is 0 Å². The maximum atomic E-state index is 13.3. The fourth-order valence-corrected chi connectivity index (χ4v) is 4.99. The Bertz CT molecular complexity index is 760. The van der Waals surface area contributed by atoms with Crippen LogP contribution in [0.2, 0.25) is 5.02 Å². The van der Waals surface area contributed by atoms with E-state index in [2.05, 4.69) is 25.8 Å². The van der Waals surface area contributed by atoms with Crippen LogP contribution in [0, 0.1) is 11.3 Å². The van der Waals surface area contributed by atoms with Crippen LogP contribution < -0.4 is 4.74 Å². The van der Waals surface area contributed by atoms with E-state index in [4.69, 9.17) is 16.3 Å². The highest BCUT2D eigenvalue weighted by Gasteiger charge is 2.41. The Morgan fingerprint density at radius 3 is 2.31 bits per heavy atom. The predicted octanol–water partition coefficient (Wildman–Crippen LogP) is 3.93. The quantitative estimate of drug-likeness (QED) is 0.586. The molecule has 0 bridgehead atoms. The molecule has 1 aromatic carbocycles. The molecule has 0 aromatic heterocycles. The molecule has 1 atom stereocenters. The van der Waals surface area contributed by atoms with Crippen molar-refractivity contribution in [2.24, 2.45) is 11.3 Å². The van der Waals surface area contributed by atoms with E-state index in [1.165, 1.54) is 0 Å². The van der Waals surface area contributed by atoms with Gasteiger partial charge in [-0.2, -0.15) is 0 Å². The molecule has 2 heterocycles. The molecule has 2 saturated heterocycles. The first-order valence-corrected chi connectivity index (χ1v) is 12.4. The van der Waals surface area contributed by atoms with Gasteiger partial charge in [0.2, 0.25) is 11.8 Å². The first kappa shape index (κ1) is 24.8. The number of rotatable bonds is 8. The van der Waals surface area contributed by atoms with Crippen molar-refractivity contribution >= 4 is 23.4 Å². The van der Waals surface area contributed by atoms with Crippen LogP contribution in [0.5, 0.6) is 5.75 Å². The van der Waals surface area contributed by atoms with Crippen LogP contribution in [-0.4, -0.2) is 79.4 Å². The molecule has 2 fully saturated rings. The molecule has 1 unspecified atom stereocenters. The molecular weight excluding hydrogens is 426 g/mol. The number of ether oxygens (including phenoxy) is 1. The number of benzene rings is 1. The summed E-state index contributed by atoms with van der Waals surface area (Å²) >= 11 is 6.01. The maximum absolute atomic E-state index is 13.3. The third-order valence-electron chi connectivity index (χ3n) is 7.05. The number of likely N-dealkylation sites (tertiary alicyclic amines) is 1. The minimum Gasteiger partial charge on any atom is -0.493 e. The third-order valence-corrected chi connectivity index (χ3v) is 7.30. The van der Waals surface area contributed by atoms with Gasteiger partial charge in [-0.25, -0.2) is 0 Å². The van der Waals surface area contributed by atoms with E-state index >= 15 is 0 Å². The van der Waals surface area contributed by atoms with Gasteiger partial charge in [-0.15, -0.1) is 0 Å². The van der Waals surface area contributed by atoms with Crippen LogP contribution in [0.3, 0.4) is 0 Å². The molecule has 32 heavy (non-hydrogen) atoms. The van der Waals surface area contributed by atoms with Crippen molar-refractivity contribution in [3.8, 4) is 5.75 Å². The molecule has 0 spiro atoms. The fourth-order valence-electron chi connectivity index (χ4n) is 4.86. The van der Waals surface area contributed by atoms with Crippen LogP contribution in [0.1, 0.15) is 46.0 Å². The Hall–Kier alpha value is -1.79. The minimum absolute atomic E-state index is 0.0521. The Labute approximate surface area is 197 Å². The summed E-state index contributed by atoms with van der Waals surface area (Å²) in [5.41, 5.74) is -0.375. The predicted molar refractivity (Wildman–Crippen MR) is 128 cm³/mol. The van der Waals surface area contributed by atoms with Crippen LogP contribution in [0.15, 0.2) is 24.3 Å². The lowest BCUT2D eigenvalue weighted by Gasteiger charge is -2.44. The molecule has 0 saturated carbocycles. The van der Waals surface area contributed by atoms with Gasteiger partial charge in [0.25, 0.3) is 0 Å². The summed E-state index contributed by atoms with van der Waals surface area (Å²) in [6.07, 6.45) is 3.89. The average Bonchev–Trinajstić information content (AvgIpc) is 2.80. The van der Waals surface area contributed by atoms with Crippen molar-refractivity contribution in [2.75, 3.05) is 52.9 Å². The van der Waals surface area contributed by atoms with Gasteiger partial charge in [0.1, 0.15) is 5.75 Å². The lowest BCUT2D eigenvalue weighted by atomic mass is 9.76. The number of carbonyl (C=O) groups is 2. The second-order valence-corrected chi connectivity index (χ2v) is 9.92. The van der Waals surface area contributed by atoms with Gasteiger partial charge < -0.3 is 19.4 Å². The Balaban J connectivity index is 1.75. The van der Waals surface area contributed by atoms with Gasteiger partial charge in [0.05, 0.1) is 6.61 Å². The molecule has 6 nitrogen and oxygen atoms in total. The molecule has 7 heteroatoms. The zero-order valence-electron chi connectivity index (χ0n) is 19.8. The fraction of sp³-hybridized carbons (Fsp3) is 0.680. The van der Waals surface area contributed by atoms with E-state index in [1.54, 1.807) is 0 Å². The average molecular weight is 464 g/mol. The van der Waals surface area contributed by atoms with Gasteiger partial charge in [-0.3, -0.25) is 9.59 Å². The number of piperazine rings is 1. The summed E-state index contributed by atoms with van der Waals surface area (Å²) in [5.74, 6) is 1.19. The van der Waals surface area contributed by atoms with Crippen molar-refractivity contribution in [1.82, 2.24) is 14.7 Å². The van der Waals surface area contributed by atoms with Gasteiger partial charge in [-0.1, -0.05) is 25.4 Å². The Kier molecular flexibility index (Phi) is 8.83. The Morgan fingerprint density at radius 2 is 1.69 bits per heavy atom. The summed E-state index contributed by atoms with van der Waals surface area (Å²) in [4.78, 5) is 32.7. The van der Waals surface area contributed by atoms with Gasteiger partial charge in [0, 0.05) is 62.0 Å². The van der Waals surface area contributed by atoms with E-state index in [0.29, 0.717) is 24.6 Å². The normalized spacial score (nSPS) is 22.3. The van der Waals surface area contributed by atoms with E-state index in [1.807, 2.05) is 34.1 Å². The van der Waals surface area contributed by atoms with Gasteiger partial charge in [-0.05, 0) is 57.0 Å². The highest BCUT2D eigenvalue weighted by molar-refractivity contribution is 6.30. The van der Waals surface area contributed by atoms with E-state index in [-0.39, 0.29) is 23.1 Å². The van der Waals surface area contributed by atoms with Gasteiger partial charge in [0.15, 0.2) is 0 Å². The number of nitrogens with zero attached hydrogens (tertiary/aromatic N) is 3. The number of hydrogen-bond acceptors (Lipinski definition) is 4. The van der Waals surface area contributed by atoms with Crippen molar-refractivity contribution in [3.05, 3.63) is 29.3 Å². The molecule has 3 rings (SSSR count).